The number of piperazine rings is 1. The van der Waals surface area contributed by atoms with Gasteiger partial charge in [-0.2, -0.15) is 0 Å². The highest BCUT2D eigenvalue weighted by molar-refractivity contribution is 5.97. The smallest absolute Gasteiger partial charge is 0.407 e. The van der Waals surface area contributed by atoms with Crippen molar-refractivity contribution >= 4 is 17.9 Å². The van der Waals surface area contributed by atoms with E-state index in [2.05, 4.69) is 10.6 Å². The van der Waals surface area contributed by atoms with Crippen LogP contribution in [0.15, 0.2) is 30.3 Å². The standard InChI is InChI=1S/C19H25N3O4/c1-3-12(2)16-18(24)22-10-14(9-15(22)17(23)21-16)20-19(25)26-11-13-7-5-4-6-8-13/h4-8,12,14-16H,3,9-11H2,1-2H3,(H,20,25)(H,21,23)/t12-,14-,15-,16-/m0/s1. The highest BCUT2D eigenvalue weighted by atomic mass is 16.5. The molecule has 140 valence electrons. The molecule has 7 heteroatoms. The first-order valence-electron chi connectivity index (χ1n) is 9.07. The lowest BCUT2D eigenvalue weighted by atomic mass is 9.95. The Bertz CT molecular complexity index is 679. The Labute approximate surface area is 153 Å². The van der Waals surface area contributed by atoms with Crippen LogP contribution in [0, 0.1) is 5.92 Å². The van der Waals surface area contributed by atoms with Gasteiger partial charge in [0.15, 0.2) is 0 Å². The second-order valence-corrected chi connectivity index (χ2v) is 7.02. The molecule has 2 fully saturated rings. The van der Waals surface area contributed by atoms with Gasteiger partial charge in [0.1, 0.15) is 18.7 Å². The van der Waals surface area contributed by atoms with Gasteiger partial charge in [-0.3, -0.25) is 9.59 Å². The van der Waals surface area contributed by atoms with Crippen LogP contribution in [-0.4, -0.2) is 47.5 Å². The van der Waals surface area contributed by atoms with Crippen molar-refractivity contribution in [3.63, 3.8) is 0 Å². The number of alkyl carbamates (subject to hydrolysis) is 1. The quantitative estimate of drug-likeness (QED) is 0.832. The zero-order valence-corrected chi connectivity index (χ0v) is 15.1. The van der Waals surface area contributed by atoms with Gasteiger partial charge < -0.3 is 20.3 Å². The number of hydrogen-bond donors (Lipinski definition) is 2. The van der Waals surface area contributed by atoms with E-state index < -0.39 is 18.2 Å². The lowest BCUT2D eigenvalue weighted by Gasteiger charge is -2.36. The average Bonchev–Trinajstić information content (AvgIpc) is 3.08. The average molecular weight is 359 g/mol. The van der Waals surface area contributed by atoms with E-state index in [-0.39, 0.29) is 30.4 Å². The summed E-state index contributed by atoms with van der Waals surface area (Å²) in [6, 6.07) is 8.13. The van der Waals surface area contributed by atoms with Crippen molar-refractivity contribution in [2.75, 3.05) is 6.54 Å². The number of hydrogen-bond acceptors (Lipinski definition) is 4. The summed E-state index contributed by atoms with van der Waals surface area (Å²) in [6.07, 6.45) is 0.679. The monoisotopic (exact) mass is 359 g/mol. The van der Waals surface area contributed by atoms with E-state index >= 15 is 0 Å². The molecule has 2 aliphatic rings. The fourth-order valence-corrected chi connectivity index (χ4v) is 3.48. The number of carbonyl (C=O) groups is 3. The van der Waals surface area contributed by atoms with Gasteiger partial charge in [-0.1, -0.05) is 50.6 Å². The summed E-state index contributed by atoms with van der Waals surface area (Å²) in [4.78, 5) is 38.6. The van der Waals surface area contributed by atoms with Crippen molar-refractivity contribution in [1.82, 2.24) is 15.5 Å². The molecule has 0 bridgehead atoms. The van der Waals surface area contributed by atoms with E-state index in [1.807, 2.05) is 44.2 Å². The molecule has 26 heavy (non-hydrogen) atoms. The van der Waals surface area contributed by atoms with Crippen molar-refractivity contribution in [1.29, 1.82) is 0 Å². The van der Waals surface area contributed by atoms with Crippen LogP contribution in [0.1, 0.15) is 32.3 Å². The Morgan fingerprint density at radius 2 is 2.08 bits per heavy atom. The Balaban J connectivity index is 1.55. The molecular formula is C19H25N3O4. The Kier molecular flexibility index (Phi) is 5.44. The first-order chi connectivity index (χ1) is 12.5. The molecular weight excluding hydrogens is 334 g/mol. The Morgan fingerprint density at radius 3 is 2.77 bits per heavy atom. The van der Waals surface area contributed by atoms with Crippen LogP contribution in [0.2, 0.25) is 0 Å². The zero-order chi connectivity index (χ0) is 18.7. The van der Waals surface area contributed by atoms with Gasteiger partial charge >= 0.3 is 6.09 Å². The molecule has 0 saturated carbocycles. The molecule has 2 saturated heterocycles. The molecule has 3 rings (SSSR count). The summed E-state index contributed by atoms with van der Waals surface area (Å²) in [5.41, 5.74) is 0.900. The first kappa shape index (κ1) is 18.2. The number of nitrogens with one attached hydrogen (secondary N) is 2. The van der Waals surface area contributed by atoms with E-state index in [4.69, 9.17) is 4.74 Å². The number of fused-ring (bicyclic) bond motifs is 1. The number of ether oxygens (including phenoxy) is 1. The predicted octanol–water partition coefficient (Wildman–Crippen LogP) is 1.43. The highest BCUT2D eigenvalue weighted by Gasteiger charge is 2.47. The van der Waals surface area contributed by atoms with Gasteiger partial charge in [-0.05, 0) is 17.9 Å². The van der Waals surface area contributed by atoms with Crippen molar-refractivity contribution in [3.05, 3.63) is 35.9 Å². The van der Waals surface area contributed by atoms with Gasteiger partial charge in [-0.25, -0.2) is 4.79 Å². The molecule has 1 aromatic rings. The van der Waals surface area contributed by atoms with Crippen molar-refractivity contribution in [3.8, 4) is 0 Å². The Hall–Kier alpha value is -2.57. The van der Waals surface area contributed by atoms with Crippen molar-refractivity contribution < 1.29 is 19.1 Å². The van der Waals surface area contributed by atoms with E-state index in [9.17, 15) is 14.4 Å². The van der Waals surface area contributed by atoms with Gasteiger partial charge in [0.2, 0.25) is 11.8 Å². The molecule has 0 aliphatic carbocycles. The van der Waals surface area contributed by atoms with Crippen LogP contribution < -0.4 is 10.6 Å². The number of benzene rings is 1. The van der Waals surface area contributed by atoms with Gasteiger partial charge in [0.05, 0.1) is 6.04 Å². The summed E-state index contributed by atoms with van der Waals surface area (Å²) in [5.74, 6) is -0.127. The van der Waals surface area contributed by atoms with Crippen LogP contribution in [0.25, 0.3) is 0 Å². The number of rotatable bonds is 5. The highest BCUT2D eigenvalue weighted by Crippen LogP contribution is 2.25. The first-order valence-corrected chi connectivity index (χ1v) is 9.07. The maximum absolute atomic E-state index is 12.7. The van der Waals surface area contributed by atoms with Crippen LogP contribution >= 0.6 is 0 Å². The number of nitrogens with zero attached hydrogens (tertiary/aromatic N) is 1. The minimum atomic E-state index is -0.537. The lowest BCUT2D eigenvalue weighted by molar-refractivity contribution is -0.148. The fraction of sp³-hybridized carbons (Fsp3) is 0.526. The van der Waals surface area contributed by atoms with Crippen LogP contribution in [0.4, 0.5) is 4.79 Å². The maximum Gasteiger partial charge on any atom is 0.407 e. The van der Waals surface area contributed by atoms with E-state index in [1.54, 1.807) is 4.90 Å². The molecule has 0 aromatic heterocycles. The lowest BCUT2D eigenvalue weighted by Crippen LogP contribution is -2.62. The SMILES string of the molecule is CC[C@H](C)[C@@H]1NC(=O)[C@@H]2C[C@H](NC(=O)OCc3ccccc3)CN2C1=O. The fourth-order valence-electron chi connectivity index (χ4n) is 3.48. The largest absolute Gasteiger partial charge is 0.445 e. The number of amides is 3. The maximum atomic E-state index is 12.7. The Morgan fingerprint density at radius 1 is 1.35 bits per heavy atom. The van der Waals surface area contributed by atoms with Crippen LogP contribution in [0.5, 0.6) is 0 Å². The molecule has 1 aromatic carbocycles. The zero-order valence-electron chi connectivity index (χ0n) is 15.1. The minimum absolute atomic E-state index is 0.0640. The van der Waals surface area contributed by atoms with E-state index in [0.29, 0.717) is 13.0 Å². The normalized spacial score (nSPS) is 26.1. The molecule has 0 radical (unpaired) electrons. The third-order valence-corrected chi connectivity index (χ3v) is 5.20. The van der Waals surface area contributed by atoms with Crippen molar-refractivity contribution in [2.24, 2.45) is 5.92 Å². The van der Waals surface area contributed by atoms with Gasteiger partial charge in [0, 0.05) is 6.54 Å². The summed E-state index contributed by atoms with van der Waals surface area (Å²) in [6.45, 7) is 4.47. The van der Waals surface area contributed by atoms with Crippen molar-refractivity contribution in [2.45, 2.75) is 51.4 Å². The molecule has 3 amide bonds. The van der Waals surface area contributed by atoms with E-state index in [0.717, 1.165) is 12.0 Å². The number of carbonyl (C=O) groups excluding carboxylic acids is 3. The van der Waals surface area contributed by atoms with Gasteiger partial charge in [0.25, 0.3) is 0 Å². The summed E-state index contributed by atoms with van der Waals surface area (Å²) < 4.78 is 5.22. The third-order valence-electron chi connectivity index (χ3n) is 5.20. The molecule has 4 atom stereocenters. The minimum Gasteiger partial charge on any atom is -0.445 e. The predicted molar refractivity (Wildman–Crippen MR) is 95.1 cm³/mol. The topological polar surface area (TPSA) is 87.7 Å². The summed E-state index contributed by atoms with van der Waals surface area (Å²) in [5, 5.41) is 5.60. The summed E-state index contributed by atoms with van der Waals surface area (Å²) in [7, 11) is 0. The molecule has 0 unspecified atom stereocenters. The van der Waals surface area contributed by atoms with Gasteiger partial charge in [-0.15, -0.1) is 0 Å². The molecule has 2 heterocycles. The molecule has 2 N–H and O–H groups in total. The van der Waals surface area contributed by atoms with Crippen LogP contribution in [-0.2, 0) is 20.9 Å². The third kappa shape index (κ3) is 3.81. The second-order valence-electron chi connectivity index (χ2n) is 7.02. The van der Waals surface area contributed by atoms with Crippen LogP contribution in [0.3, 0.4) is 0 Å². The molecule has 2 aliphatic heterocycles. The second kappa shape index (κ2) is 7.76. The van der Waals surface area contributed by atoms with E-state index in [1.165, 1.54) is 0 Å². The molecule has 7 nitrogen and oxygen atoms in total. The molecule has 0 spiro atoms. The summed E-state index contributed by atoms with van der Waals surface area (Å²) >= 11 is 0.